The molecule has 1 aromatic rings. The van der Waals surface area contributed by atoms with E-state index in [2.05, 4.69) is 10.3 Å². The Morgan fingerprint density at radius 3 is 2.44 bits per heavy atom. The quantitative estimate of drug-likeness (QED) is 0.838. The van der Waals surface area contributed by atoms with Crippen LogP contribution in [0.2, 0.25) is 5.02 Å². The molecular weight excluding hydrogens is 370 g/mol. The van der Waals surface area contributed by atoms with Crippen molar-refractivity contribution in [1.29, 1.82) is 0 Å². The summed E-state index contributed by atoms with van der Waals surface area (Å²) in [5.41, 5.74) is -0.134. The van der Waals surface area contributed by atoms with Gasteiger partial charge in [-0.05, 0) is 53.5 Å². The molecule has 150 valence electrons. The van der Waals surface area contributed by atoms with Gasteiger partial charge in [-0.25, -0.2) is 9.78 Å². The lowest BCUT2D eigenvalue weighted by Gasteiger charge is -2.33. The number of hydrogen-bond donors (Lipinski definition) is 1. The van der Waals surface area contributed by atoms with Crippen LogP contribution in [0.5, 0.6) is 5.88 Å². The Balaban J connectivity index is 1.87. The lowest BCUT2D eigenvalue weighted by molar-refractivity contribution is 0.0199. The first-order chi connectivity index (χ1) is 12.5. The third kappa shape index (κ3) is 6.57. The van der Waals surface area contributed by atoms with Crippen LogP contribution in [-0.2, 0) is 4.74 Å². The van der Waals surface area contributed by atoms with Gasteiger partial charge in [-0.15, -0.1) is 0 Å². The van der Waals surface area contributed by atoms with Gasteiger partial charge in [0.1, 0.15) is 10.6 Å². The molecule has 1 saturated heterocycles. The van der Waals surface area contributed by atoms with Gasteiger partial charge in [0.05, 0.1) is 11.7 Å². The Morgan fingerprint density at radius 2 is 1.93 bits per heavy atom. The molecular formula is C19H28ClN3O4. The number of pyridine rings is 1. The minimum atomic E-state index is -0.514. The number of carbonyl (C=O) groups excluding carboxylic acids is 2. The van der Waals surface area contributed by atoms with Crippen LogP contribution in [0.15, 0.2) is 12.3 Å². The summed E-state index contributed by atoms with van der Waals surface area (Å²) in [4.78, 5) is 30.3. The molecule has 1 N–H and O–H groups in total. The van der Waals surface area contributed by atoms with E-state index in [0.717, 1.165) is 0 Å². The van der Waals surface area contributed by atoms with Crippen molar-refractivity contribution in [2.75, 3.05) is 13.1 Å². The van der Waals surface area contributed by atoms with Gasteiger partial charge in [-0.1, -0.05) is 11.6 Å². The highest BCUT2D eigenvalue weighted by molar-refractivity contribution is 6.32. The first kappa shape index (κ1) is 21.3. The summed E-state index contributed by atoms with van der Waals surface area (Å²) in [6, 6.07) is 1.54. The molecule has 1 aliphatic heterocycles. The van der Waals surface area contributed by atoms with E-state index in [9.17, 15) is 9.59 Å². The zero-order valence-corrected chi connectivity index (χ0v) is 17.3. The fourth-order valence-corrected chi connectivity index (χ4v) is 2.87. The first-order valence-electron chi connectivity index (χ1n) is 9.16. The van der Waals surface area contributed by atoms with Crippen molar-refractivity contribution in [2.45, 2.75) is 65.2 Å². The minimum Gasteiger partial charge on any atom is -0.474 e. The van der Waals surface area contributed by atoms with E-state index in [4.69, 9.17) is 21.1 Å². The minimum absolute atomic E-state index is 0.0125. The molecule has 8 heteroatoms. The SMILES string of the molecule is CC(C)Oc1ncc(C(=O)NC2CCN(C(=O)OC(C)(C)C)CC2)cc1Cl. The number of piperidine rings is 1. The van der Waals surface area contributed by atoms with Crippen LogP contribution < -0.4 is 10.1 Å². The number of nitrogens with one attached hydrogen (secondary N) is 1. The fourth-order valence-electron chi connectivity index (χ4n) is 2.66. The van der Waals surface area contributed by atoms with E-state index >= 15 is 0 Å². The van der Waals surface area contributed by atoms with Gasteiger partial charge in [0.2, 0.25) is 5.88 Å². The topological polar surface area (TPSA) is 80.8 Å². The Hall–Kier alpha value is -2.02. The van der Waals surface area contributed by atoms with Crippen molar-refractivity contribution in [3.63, 3.8) is 0 Å². The van der Waals surface area contributed by atoms with E-state index in [1.807, 2.05) is 34.6 Å². The van der Waals surface area contributed by atoms with Gasteiger partial charge in [0, 0.05) is 25.3 Å². The number of rotatable bonds is 4. The van der Waals surface area contributed by atoms with Crippen LogP contribution in [-0.4, -0.2) is 52.7 Å². The van der Waals surface area contributed by atoms with Crippen molar-refractivity contribution in [2.24, 2.45) is 0 Å². The average Bonchev–Trinajstić information content (AvgIpc) is 2.55. The number of ether oxygens (including phenoxy) is 2. The second-order valence-corrected chi connectivity index (χ2v) is 8.30. The maximum atomic E-state index is 12.4. The summed E-state index contributed by atoms with van der Waals surface area (Å²) in [6.07, 6.45) is 2.42. The molecule has 2 heterocycles. The Labute approximate surface area is 165 Å². The lowest BCUT2D eigenvalue weighted by Crippen LogP contribution is -2.47. The van der Waals surface area contributed by atoms with Crippen LogP contribution >= 0.6 is 11.6 Å². The molecule has 0 unspecified atom stereocenters. The summed E-state index contributed by atoms with van der Waals surface area (Å²) < 4.78 is 10.9. The zero-order valence-electron chi connectivity index (χ0n) is 16.5. The molecule has 0 spiro atoms. The molecule has 1 fully saturated rings. The summed E-state index contributed by atoms with van der Waals surface area (Å²) in [7, 11) is 0. The molecule has 7 nitrogen and oxygen atoms in total. The molecule has 0 saturated carbocycles. The van der Waals surface area contributed by atoms with Crippen molar-refractivity contribution < 1.29 is 19.1 Å². The number of amides is 2. The van der Waals surface area contributed by atoms with E-state index in [-0.39, 0.29) is 24.1 Å². The molecule has 1 aromatic heterocycles. The second kappa shape index (κ2) is 8.78. The van der Waals surface area contributed by atoms with Gasteiger partial charge in [-0.3, -0.25) is 4.79 Å². The Morgan fingerprint density at radius 1 is 1.30 bits per heavy atom. The summed E-state index contributed by atoms with van der Waals surface area (Å²) >= 11 is 6.14. The lowest BCUT2D eigenvalue weighted by atomic mass is 10.0. The molecule has 0 bridgehead atoms. The zero-order chi connectivity index (χ0) is 20.2. The number of carbonyl (C=O) groups is 2. The monoisotopic (exact) mass is 397 g/mol. The molecule has 1 aliphatic rings. The van der Waals surface area contributed by atoms with Crippen molar-refractivity contribution in [3.05, 3.63) is 22.8 Å². The van der Waals surface area contributed by atoms with Crippen molar-refractivity contribution in [3.8, 4) is 5.88 Å². The highest BCUT2D eigenvalue weighted by atomic mass is 35.5. The highest BCUT2D eigenvalue weighted by Crippen LogP contribution is 2.23. The first-order valence-corrected chi connectivity index (χ1v) is 9.54. The molecule has 0 radical (unpaired) electrons. The molecule has 0 aromatic carbocycles. The third-order valence-corrected chi connectivity index (χ3v) is 4.17. The van der Waals surface area contributed by atoms with Crippen LogP contribution in [0, 0.1) is 0 Å². The standard InChI is InChI=1S/C19H28ClN3O4/c1-12(2)26-17-15(20)10-13(11-21-17)16(24)22-14-6-8-23(9-7-14)18(25)27-19(3,4)5/h10-12,14H,6-9H2,1-5H3,(H,22,24). The van der Waals surface area contributed by atoms with Gasteiger partial charge < -0.3 is 19.7 Å². The molecule has 0 aliphatic carbocycles. The number of nitrogens with zero attached hydrogens (tertiary/aromatic N) is 2. The second-order valence-electron chi connectivity index (χ2n) is 7.89. The maximum Gasteiger partial charge on any atom is 0.410 e. The predicted molar refractivity (Wildman–Crippen MR) is 103 cm³/mol. The molecule has 27 heavy (non-hydrogen) atoms. The fraction of sp³-hybridized carbons (Fsp3) is 0.632. The van der Waals surface area contributed by atoms with Crippen LogP contribution in [0.25, 0.3) is 0 Å². The number of likely N-dealkylation sites (tertiary alicyclic amines) is 1. The molecule has 2 amide bonds. The smallest absolute Gasteiger partial charge is 0.410 e. The summed E-state index contributed by atoms with van der Waals surface area (Å²) in [5.74, 6) is 0.0742. The van der Waals surface area contributed by atoms with Crippen molar-refractivity contribution in [1.82, 2.24) is 15.2 Å². The normalized spacial score (nSPS) is 15.6. The van der Waals surface area contributed by atoms with Crippen LogP contribution in [0.3, 0.4) is 0 Å². The molecule has 0 atom stereocenters. The molecule has 2 rings (SSSR count). The predicted octanol–water partition coefficient (Wildman–Crippen LogP) is 3.65. The van der Waals surface area contributed by atoms with Gasteiger partial charge in [0.15, 0.2) is 0 Å². The van der Waals surface area contributed by atoms with E-state index in [0.29, 0.717) is 42.4 Å². The highest BCUT2D eigenvalue weighted by Gasteiger charge is 2.27. The van der Waals surface area contributed by atoms with Gasteiger partial charge >= 0.3 is 6.09 Å². The van der Waals surface area contributed by atoms with Gasteiger partial charge in [0.25, 0.3) is 5.91 Å². The van der Waals surface area contributed by atoms with Crippen LogP contribution in [0.4, 0.5) is 4.79 Å². The average molecular weight is 398 g/mol. The van der Waals surface area contributed by atoms with Crippen LogP contribution in [0.1, 0.15) is 57.8 Å². The van der Waals surface area contributed by atoms with Crippen molar-refractivity contribution >= 4 is 23.6 Å². The third-order valence-electron chi connectivity index (χ3n) is 3.90. The van der Waals surface area contributed by atoms with E-state index < -0.39 is 5.60 Å². The van der Waals surface area contributed by atoms with E-state index in [1.165, 1.54) is 6.20 Å². The number of halogens is 1. The largest absolute Gasteiger partial charge is 0.474 e. The van der Waals surface area contributed by atoms with E-state index in [1.54, 1.807) is 11.0 Å². The maximum absolute atomic E-state index is 12.4. The Kier molecular flexibility index (Phi) is 6.92. The summed E-state index contributed by atoms with van der Waals surface area (Å²) in [6.45, 7) is 10.4. The Bertz CT molecular complexity index is 680. The van der Waals surface area contributed by atoms with Gasteiger partial charge in [-0.2, -0.15) is 0 Å². The number of hydrogen-bond acceptors (Lipinski definition) is 5. The summed E-state index contributed by atoms with van der Waals surface area (Å²) in [5, 5.41) is 3.28. The number of aromatic nitrogens is 1.